The average molecular weight is 522 g/mol. The minimum Gasteiger partial charge on any atom is -0.406 e. The molecule has 2 aromatic carbocycles. The monoisotopic (exact) mass is 521 g/mol. The summed E-state index contributed by atoms with van der Waals surface area (Å²) in [7, 11) is 1.58. The van der Waals surface area contributed by atoms with Gasteiger partial charge in [0, 0.05) is 37.0 Å². The first-order chi connectivity index (χ1) is 17.1. The van der Waals surface area contributed by atoms with Gasteiger partial charge >= 0.3 is 6.36 Å². The molecule has 7 nitrogen and oxygen atoms in total. The van der Waals surface area contributed by atoms with E-state index in [0.29, 0.717) is 21.7 Å². The van der Waals surface area contributed by atoms with Crippen LogP contribution in [0, 0.1) is 0 Å². The van der Waals surface area contributed by atoms with Crippen LogP contribution in [-0.2, 0) is 6.42 Å². The number of ether oxygens (including phenoxy) is 1. The van der Waals surface area contributed by atoms with Crippen LogP contribution >= 0.6 is 11.6 Å². The zero-order chi connectivity index (χ0) is 26.0. The van der Waals surface area contributed by atoms with Crippen molar-refractivity contribution in [1.82, 2.24) is 9.88 Å². The molecule has 11 heteroatoms. The van der Waals surface area contributed by atoms with Crippen molar-refractivity contribution >= 4 is 23.3 Å². The molecule has 0 spiro atoms. The van der Waals surface area contributed by atoms with Gasteiger partial charge in [0.05, 0.1) is 5.56 Å². The highest BCUT2D eigenvalue weighted by molar-refractivity contribution is 6.30. The number of aliphatic hydroxyl groups excluding tert-OH is 2. The fourth-order valence-electron chi connectivity index (χ4n) is 4.15. The lowest BCUT2D eigenvalue weighted by Gasteiger charge is -2.40. The number of hydrogen-bond acceptors (Lipinski definition) is 6. The second-order valence-corrected chi connectivity index (χ2v) is 8.70. The number of halogens is 4. The predicted octanol–water partition coefficient (Wildman–Crippen LogP) is 4.44. The molecular weight excluding hydrogens is 499 g/mol. The number of carbonyl (C=O) groups is 1. The molecule has 2 heterocycles. The topological polar surface area (TPSA) is 86.1 Å². The number of hydrogen-bond donors (Lipinski definition) is 2. The van der Waals surface area contributed by atoms with Gasteiger partial charge in [0.2, 0.25) is 6.35 Å². The number of aliphatic hydroxyl groups is 2. The van der Waals surface area contributed by atoms with E-state index in [2.05, 4.69) is 9.72 Å². The Morgan fingerprint density at radius 2 is 1.89 bits per heavy atom. The molecule has 1 amide bonds. The van der Waals surface area contributed by atoms with E-state index in [4.69, 9.17) is 11.6 Å². The van der Waals surface area contributed by atoms with E-state index >= 15 is 0 Å². The van der Waals surface area contributed by atoms with Crippen molar-refractivity contribution in [2.24, 2.45) is 0 Å². The number of fused-ring (bicyclic) bond motifs is 1. The molecule has 0 bridgehead atoms. The van der Waals surface area contributed by atoms with Gasteiger partial charge in [-0.1, -0.05) is 35.9 Å². The van der Waals surface area contributed by atoms with Gasteiger partial charge < -0.3 is 19.8 Å². The first-order valence-corrected chi connectivity index (χ1v) is 11.4. The Hall–Kier alpha value is -3.34. The highest BCUT2D eigenvalue weighted by Gasteiger charge is 2.38. The maximum absolute atomic E-state index is 13.6. The summed E-state index contributed by atoms with van der Waals surface area (Å²) in [5.74, 6) is -0.660. The van der Waals surface area contributed by atoms with E-state index in [0.717, 1.165) is 5.56 Å². The van der Waals surface area contributed by atoms with Crippen molar-refractivity contribution in [3.05, 3.63) is 76.4 Å². The Morgan fingerprint density at radius 1 is 1.17 bits per heavy atom. The molecule has 0 aliphatic carbocycles. The summed E-state index contributed by atoms with van der Waals surface area (Å²) < 4.78 is 42.6. The van der Waals surface area contributed by atoms with E-state index in [1.165, 1.54) is 34.2 Å². The van der Waals surface area contributed by atoms with Crippen LogP contribution in [0.3, 0.4) is 0 Å². The molecule has 0 fully saturated rings. The Kier molecular flexibility index (Phi) is 7.39. The fourth-order valence-corrected chi connectivity index (χ4v) is 4.28. The SMILES string of the molecule is CN1c2ncc(-c3cccc(OC(F)(F)F)c3)c(Cc3ccc(Cl)cc3)c2C(=O)N(CCCO)C1O. The van der Waals surface area contributed by atoms with Crippen LogP contribution in [0.5, 0.6) is 5.75 Å². The zero-order valence-electron chi connectivity index (χ0n) is 19.2. The minimum absolute atomic E-state index is 0.0970. The van der Waals surface area contributed by atoms with Crippen LogP contribution in [0.4, 0.5) is 19.0 Å². The number of benzene rings is 2. The van der Waals surface area contributed by atoms with Crippen LogP contribution in [-0.4, -0.2) is 58.9 Å². The molecule has 2 N–H and O–H groups in total. The van der Waals surface area contributed by atoms with E-state index in [1.807, 2.05) is 0 Å². The standard InChI is InChI=1S/C25H23ClF3N3O4/c1-31-22-21(23(34)32(24(31)35)10-3-11-33)19(12-15-6-8-17(26)9-7-15)20(14-30-22)16-4-2-5-18(13-16)36-25(27,28)29/h2,4-9,13-14,24,33,35H,3,10-12H2,1H3. The molecule has 1 atom stereocenters. The molecule has 1 aliphatic rings. The number of rotatable bonds is 7. The molecule has 1 aromatic heterocycles. The third-order valence-corrected chi connectivity index (χ3v) is 6.08. The Morgan fingerprint density at radius 3 is 2.56 bits per heavy atom. The number of alkyl halides is 3. The normalized spacial score (nSPS) is 15.8. The first kappa shape index (κ1) is 25.7. The average Bonchev–Trinajstić information content (AvgIpc) is 2.83. The maximum Gasteiger partial charge on any atom is 0.573 e. The molecule has 1 aliphatic heterocycles. The Balaban J connectivity index is 1.89. The zero-order valence-corrected chi connectivity index (χ0v) is 19.9. The molecule has 190 valence electrons. The maximum atomic E-state index is 13.6. The third-order valence-electron chi connectivity index (χ3n) is 5.83. The lowest BCUT2D eigenvalue weighted by atomic mass is 9.91. The number of aromatic nitrogens is 1. The summed E-state index contributed by atoms with van der Waals surface area (Å²) in [6, 6.07) is 12.4. The molecule has 0 radical (unpaired) electrons. The highest BCUT2D eigenvalue weighted by Crippen LogP contribution is 2.38. The van der Waals surface area contributed by atoms with Crippen LogP contribution in [0.1, 0.15) is 27.9 Å². The molecule has 3 aromatic rings. The number of nitrogens with zero attached hydrogens (tertiary/aromatic N) is 3. The van der Waals surface area contributed by atoms with E-state index in [9.17, 15) is 28.2 Å². The highest BCUT2D eigenvalue weighted by atomic mass is 35.5. The van der Waals surface area contributed by atoms with E-state index < -0.39 is 24.4 Å². The smallest absolute Gasteiger partial charge is 0.406 e. The summed E-state index contributed by atoms with van der Waals surface area (Å²) in [5, 5.41) is 20.5. The summed E-state index contributed by atoms with van der Waals surface area (Å²) in [6.07, 6.45) is -4.19. The van der Waals surface area contributed by atoms with Gasteiger partial charge in [0.15, 0.2) is 0 Å². The second kappa shape index (κ2) is 10.3. The molecule has 4 rings (SSSR count). The largest absolute Gasteiger partial charge is 0.573 e. The fraction of sp³-hybridized carbons (Fsp3) is 0.280. The quantitative estimate of drug-likeness (QED) is 0.478. The molecule has 1 unspecified atom stereocenters. The third kappa shape index (κ3) is 5.40. The van der Waals surface area contributed by atoms with E-state index in [1.54, 1.807) is 37.4 Å². The lowest BCUT2D eigenvalue weighted by molar-refractivity contribution is -0.274. The van der Waals surface area contributed by atoms with Gasteiger partial charge in [-0.05, 0) is 53.8 Å². The second-order valence-electron chi connectivity index (χ2n) is 8.26. The van der Waals surface area contributed by atoms with E-state index in [-0.39, 0.29) is 37.4 Å². The van der Waals surface area contributed by atoms with Crippen LogP contribution in [0.25, 0.3) is 11.1 Å². The lowest BCUT2D eigenvalue weighted by Crippen LogP contribution is -2.55. The Bertz CT molecular complexity index is 1250. The van der Waals surface area contributed by atoms with Crippen molar-refractivity contribution in [2.45, 2.75) is 25.6 Å². The van der Waals surface area contributed by atoms with Crippen molar-refractivity contribution in [3.8, 4) is 16.9 Å². The summed E-state index contributed by atoms with van der Waals surface area (Å²) >= 11 is 6.02. The van der Waals surface area contributed by atoms with Crippen molar-refractivity contribution in [3.63, 3.8) is 0 Å². The number of anilines is 1. The van der Waals surface area contributed by atoms with Gasteiger partial charge in [-0.25, -0.2) is 4.98 Å². The van der Waals surface area contributed by atoms with Crippen molar-refractivity contribution < 1.29 is 32.9 Å². The van der Waals surface area contributed by atoms with Gasteiger partial charge in [-0.2, -0.15) is 0 Å². The first-order valence-electron chi connectivity index (χ1n) is 11.0. The van der Waals surface area contributed by atoms with Crippen molar-refractivity contribution in [2.75, 3.05) is 25.1 Å². The Labute approximate surface area is 210 Å². The van der Waals surface area contributed by atoms with Crippen LogP contribution in [0.2, 0.25) is 5.02 Å². The van der Waals surface area contributed by atoms with Gasteiger partial charge in [0.1, 0.15) is 11.6 Å². The van der Waals surface area contributed by atoms with Crippen LogP contribution in [0.15, 0.2) is 54.7 Å². The van der Waals surface area contributed by atoms with Gasteiger partial charge in [0.25, 0.3) is 5.91 Å². The van der Waals surface area contributed by atoms with Crippen molar-refractivity contribution in [1.29, 1.82) is 0 Å². The molecular formula is C25H23ClF3N3O4. The minimum atomic E-state index is -4.86. The molecule has 36 heavy (non-hydrogen) atoms. The summed E-state index contributed by atoms with van der Waals surface area (Å²) in [6.45, 7) is -0.0746. The number of amides is 1. The number of pyridine rings is 1. The van der Waals surface area contributed by atoms with Crippen LogP contribution < -0.4 is 9.64 Å². The molecule has 0 saturated heterocycles. The predicted molar refractivity (Wildman–Crippen MR) is 128 cm³/mol. The van der Waals surface area contributed by atoms with Gasteiger partial charge in [-0.3, -0.25) is 9.69 Å². The summed E-state index contributed by atoms with van der Waals surface area (Å²) in [4.78, 5) is 20.7. The summed E-state index contributed by atoms with van der Waals surface area (Å²) in [5.41, 5.74) is 2.36. The number of carbonyl (C=O) groups excluding carboxylic acids is 1. The molecule has 0 saturated carbocycles. The van der Waals surface area contributed by atoms with Gasteiger partial charge in [-0.15, -0.1) is 13.2 Å².